The van der Waals surface area contributed by atoms with Crippen molar-refractivity contribution in [3.8, 4) is 23.0 Å². The van der Waals surface area contributed by atoms with Gasteiger partial charge in [0.1, 0.15) is 0 Å². The first-order valence-electron chi connectivity index (χ1n) is 19.7. The largest absolute Gasteiger partial charge is 0.493 e. The number of halogens is 1. The monoisotopic (exact) mass is 844 g/mol. The number of nitrogens with zero attached hydrogens (tertiary/aromatic N) is 3. The lowest BCUT2D eigenvalue weighted by Crippen LogP contribution is -2.22. The number of rotatable bonds is 11. The van der Waals surface area contributed by atoms with Crippen LogP contribution in [-0.4, -0.2) is 56.6 Å². The van der Waals surface area contributed by atoms with E-state index in [-0.39, 0.29) is 21.7 Å². The molecule has 1 N–H and O–H groups in total. The molecule has 0 aliphatic carbocycles. The molecule has 0 atom stereocenters. The Hall–Kier alpha value is -4.24. The maximum Gasteiger partial charge on any atom is 0.166 e. The molecule has 312 valence electrons. The van der Waals surface area contributed by atoms with Crippen LogP contribution < -0.4 is 39.0 Å². The number of anilines is 7. The summed E-state index contributed by atoms with van der Waals surface area (Å²) in [6.07, 6.45) is 0. The maximum absolute atomic E-state index is 6.45. The first kappa shape index (κ1) is 45.5. The van der Waals surface area contributed by atoms with Crippen molar-refractivity contribution in [2.24, 2.45) is 0 Å². The Morgan fingerprint density at radius 2 is 0.649 bits per heavy atom. The molecule has 0 spiro atoms. The van der Waals surface area contributed by atoms with Crippen LogP contribution in [0.1, 0.15) is 105 Å². The van der Waals surface area contributed by atoms with Gasteiger partial charge in [-0.2, -0.15) is 0 Å². The van der Waals surface area contributed by atoms with Crippen molar-refractivity contribution in [1.82, 2.24) is 0 Å². The van der Waals surface area contributed by atoms with Crippen molar-refractivity contribution in [1.29, 1.82) is 0 Å². The molecule has 0 bridgehead atoms. The molecule has 4 rings (SSSR count). The van der Waals surface area contributed by atoms with Gasteiger partial charge in [-0.15, -0.1) is 0 Å². The topological polar surface area (TPSA) is 58.7 Å². The molecule has 0 saturated carbocycles. The number of nitrogens with one attached hydrogen (secondary N) is 1. The van der Waals surface area contributed by atoms with Gasteiger partial charge in [-0.25, -0.2) is 0 Å². The van der Waals surface area contributed by atoms with E-state index in [1.807, 2.05) is 7.05 Å². The summed E-state index contributed by atoms with van der Waals surface area (Å²) in [5.74, 6) is 2.96. The van der Waals surface area contributed by atoms with Gasteiger partial charge >= 0.3 is 0 Å². The highest BCUT2D eigenvalue weighted by Crippen LogP contribution is 2.53. The lowest BCUT2D eigenvalue weighted by molar-refractivity contribution is 0.409. The van der Waals surface area contributed by atoms with Gasteiger partial charge in [0, 0.05) is 28.2 Å². The molecule has 0 aliphatic heterocycles. The highest BCUT2D eigenvalue weighted by molar-refractivity contribution is 9.10. The van der Waals surface area contributed by atoms with Crippen LogP contribution in [0.2, 0.25) is 0 Å². The molecule has 4 aromatic carbocycles. The zero-order valence-corrected chi connectivity index (χ0v) is 40.1. The Morgan fingerprint density at radius 3 is 0.912 bits per heavy atom. The molecule has 57 heavy (non-hydrogen) atoms. The number of hydrogen-bond donors (Lipinski definition) is 1. The molecule has 0 aromatic heterocycles. The van der Waals surface area contributed by atoms with E-state index in [0.29, 0.717) is 0 Å². The first-order chi connectivity index (χ1) is 26.2. The van der Waals surface area contributed by atoms with Crippen LogP contribution in [0.15, 0.2) is 53.0 Å². The third-order valence-corrected chi connectivity index (χ3v) is 11.5. The van der Waals surface area contributed by atoms with Gasteiger partial charge in [-0.1, -0.05) is 83.1 Å². The van der Waals surface area contributed by atoms with Crippen LogP contribution in [0, 0.1) is 0 Å². The van der Waals surface area contributed by atoms with Crippen molar-refractivity contribution < 1.29 is 18.9 Å². The minimum Gasteiger partial charge on any atom is -0.493 e. The summed E-state index contributed by atoms with van der Waals surface area (Å²) in [6, 6.07) is 17.7. The summed E-state index contributed by atoms with van der Waals surface area (Å²) in [6.45, 7) is 26.8. The predicted molar refractivity (Wildman–Crippen MR) is 248 cm³/mol. The quantitative estimate of drug-likeness (QED) is 0.160. The van der Waals surface area contributed by atoms with Crippen LogP contribution in [0.4, 0.5) is 39.8 Å². The summed E-state index contributed by atoms with van der Waals surface area (Å²) in [7, 11) is 15.1. The SMILES string of the molecule is CNc1cc(C(C)(C)C)cc(N(C)c2cc(C(C)(C)C)cc(N(C)c3cc(C(C)(C)C)cc(N(C)c4cc(C(C)(C)C)cc(Br)c4OC)c3OC)c2OC)c1OC. The van der Waals surface area contributed by atoms with Crippen LogP contribution in [0.3, 0.4) is 0 Å². The fraction of sp³-hybridized carbons (Fsp3) is 0.500. The van der Waals surface area contributed by atoms with Crippen molar-refractivity contribution in [2.45, 2.75) is 105 Å². The molecule has 0 heterocycles. The molecule has 0 radical (unpaired) electrons. The summed E-state index contributed by atoms with van der Waals surface area (Å²) in [5, 5.41) is 3.38. The fourth-order valence-corrected chi connectivity index (χ4v) is 7.64. The van der Waals surface area contributed by atoms with Crippen molar-refractivity contribution in [3.63, 3.8) is 0 Å². The van der Waals surface area contributed by atoms with Crippen LogP contribution in [0.5, 0.6) is 23.0 Å². The van der Waals surface area contributed by atoms with Gasteiger partial charge in [0.2, 0.25) is 0 Å². The summed E-state index contributed by atoms with van der Waals surface area (Å²) in [4.78, 5) is 6.58. The van der Waals surface area contributed by atoms with E-state index in [9.17, 15) is 0 Å². The smallest absolute Gasteiger partial charge is 0.166 e. The summed E-state index contributed by atoms with van der Waals surface area (Å²) >= 11 is 3.83. The van der Waals surface area contributed by atoms with E-state index in [4.69, 9.17) is 18.9 Å². The van der Waals surface area contributed by atoms with E-state index in [0.717, 1.165) is 78.4 Å². The van der Waals surface area contributed by atoms with Gasteiger partial charge in [-0.05, 0) is 108 Å². The fourth-order valence-electron chi connectivity index (χ4n) is 7.03. The van der Waals surface area contributed by atoms with E-state index >= 15 is 0 Å². The highest BCUT2D eigenvalue weighted by atomic mass is 79.9. The number of hydrogen-bond acceptors (Lipinski definition) is 8. The Kier molecular flexibility index (Phi) is 13.2. The molecule has 4 aromatic rings. The number of benzene rings is 4. The second-order valence-corrected chi connectivity index (χ2v) is 20.0. The lowest BCUT2D eigenvalue weighted by atomic mass is 9.85. The van der Waals surface area contributed by atoms with E-state index in [1.165, 1.54) is 11.1 Å². The number of ether oxygens (including phenoxy) is 4. The molecule has 0 fully saturated rings. The minimum absolute atomic E-state index is 0.0840. The lowest BCUT2D eigenvalue weighted by Gasteiger charge is -2.35. The van der Waals surface area contributed by atoms with Crippen LogP contribution in [-0.2, 0) is 21.7 Å². The third-order valence-electron chi connectivity index (χ3n) is 10.9. The third kappa shape index (κ3) is 9.24. The normalized spacial score (nSPS) is 12.3. The summed E-state index contributed by atoms with van der Waals surface area (Å²) in [5.41, 5.74) is 10.6. The average molecular weight is 846 g/mol. The molecule has 8 nitrogen and oxygen atoms in total. The maximum atomic E-state index is 6.45. The van der Waals surface area contributed by atoms with Crippen LogP contribution in [0.25, 0.3) is 0 Å². The Bertz CT molecular complexity index is 2080. The van der Waals surface area contributed by atoms with E-state index in [1.54, 1.807) is 28.4 Å². The highest BCUT2D eigenvalue weighted by Gasteiger charge is 2.31. The summed E-state index contributed by atoms with van der Waals surface area (Å²) < 4.78 is 25.9. The zero-order valence-electron chi connectivity index (χ0n) is 38.5. The standard InChI is InChI=1S/C48H69BrN4O4/c1-45(2,3)29-21-33(49)41(54-17)35(23-29)51(14)37-25-31(47(7,8)9)27-39(43(37)56-19)53(16)40-28-32(48(10,11)12)26-38(44(40)57-20)52(15)36-24-30(46(4,5)6)22-34(50-13)42(36)55-18/h21-28,50H,1-20H3. The van der Waals surface area contributed by atoms with E-state index < -0.39 is 0 Å². The molecule has 0 unspecified atom stereocenters. The minimum atomic E-state index is -0.185. The molecule has 0 saturated heterocycles. The molecular weight excluding hydrogens is 776 g/mol. The number of methoxy groups -OCH3 is 4. The second-order valence-electron chi connectivity index (χ2n) is 19.1. The molecular formula is C48H69BrN4O4. The second kappa shape index (κ2) is 16.6. The average Bonchev–Trinajstić information content (AvgIpc) is 3.13. The Labute approximate surface area is 353 Å². The predicted octanol–water partition coefficient (Wildman–Crippen LogP) is 13.0. The van der Waals surface area contributed by atoms with Gasteiger partial charge in [0.25, 0.3) is 0 Å². The zero-order chi connectivity index (χ0) is 43.2. The van der Waals surface area contributed by atoms with Crippen molar-refractivity contribution in [2.75, 3.05) is 76.6 Å². The van der Waals surface area contributed by atoms with Gasteiger partial charge in [0.15, 0.2) is 23.0 Å². The van der Waals surface area contributed by atoms with Gasteiger partial charge in [0.05, 0.1) is 72.7 Å². The first-order valence-corrected chi connectivity index (χ1v) is 20.5. The van der Waals surface area contributed by atoms with Gasteiger partial charge < -0.3 is 39.0 Å². The van der Waals surface area contributed by atoms with Crippen molar-refractivity contribution >= 4 is 55.7 Å². The van der Waals surface area contributed by atoms with Crippen LogP contribution >= 0.6 is 15.9 Å². The Balaban J connectivity index is 2.10. The Morgan fingerprint density at radius 1 is 0.404 bits per heavy atom. The van der Waals surface area contributed by atoms with Gasteiger partial charge in [-0.3, -0.25) is 0 Å². The molecule has 0 amide bonds. The molecule has 0 aliphatic rings. The van der Waals surface area contributed by atoms with Crippen molar-refractivity contribution in [3.05, 3.63) is 75.3 Å². The molecule has 9 heteroatoms. The van der Waals surface area contributed by atoms with E-state index in [2.05, 4.69) is 189 Å².